The number of aryl methyl sites for hydroxylation is 1. The number of amides is 3. The van der Waals surface area contributed by atoms with Crippen LogP contribution in [0.25, 0.3) is 0 Å². The number of rotatable bonds is 6. The van der Waals surface area contributed by atoms with Crippen molar-refractivity contribution in [1.82, 2.24) is 4.90 Å². The van der Waals surface area contributed by atoms with Crippen LogP contribution in [-0.2, 0) is 14.3 Å². The molecule has 1 fully saturated rings. The van der Waals surface area contributed by atoms with E-state index in [1.54, 1.807) is 11.8 Å². The molecule has 0 radical (unpaired) electrons. The third-order valence-electron chi connectivity index (χ3n) is 4.20. The average Bonchev–Trinajstić information content (AvgIpc) is 3.07. The highest BCUT2D eigenvalue weighted by Crippen LogP contribution is 2.29. The third kappa shape index (κ3) is 3.71. The highest BCUT2D eigenvalue weighted by atomic mass is 16.5. The van der Waals surface area contributed by atoms with E-state index >= 15 is 0 Å². The van der Waals surface area contributed by atoms with Gasteiger partial charge in [-0.1, -0.05) is 0 Å². The van der Waals surface area contributed by atoms with Crippen molar-refractivity contribution in [1.29, 1.82) is 0 Å². The van der Waals surface area contributed by atoms with Gasteiger partial charge in [0.2, 0.25) is 17.7 Å². The molecular weight excluding hydrogens is 342 g/mol. The zero-order chi connectivity index (χ0) is 19.6. The molecule has 0 spiro atoms. The number of furan rings is 1. The Kier molecular flexibility index (Phi) is 5.69. The zero-order valence-corrected chi connectivity index (χ0v) is 15.3. The van der Waals surface area contributed by atoms with E-state index in [9.17, 15) is 19.2 Å². The van der Waals surface area contributed by atoms with E-state index in [1.807, 2.05) is 13.8 Å². The summed E-state index contributed by atoms with van der Waals surface area (Å²) < 4.78 is 10.3. The molecule has 2 heterocycles. The van der Waals surface area contributed by atoms with Crippen LogP contribution in [-0.4, -0.2) is 47.8 Å². The summed E-state index contributed by atoms with van der Waals surface area (Å²) in [6.07, 6.45) is 0.0698. The van der Waals surface area contributed by atoms with Crippen molar-refractivity contribution in [2.45, 2.75) is 40.2 Å². The van der Waals surface area contributed by atoms with Gasteiger partial charge < -0.3 is 19.8 Å². The van der Waals surface area contributed by atoms with Gasteiger partial charge in [-0.15, -0.1) is 0 Å². The molecule has 2 rings (SSSR count). The summed E-state index contributed by atoms with van der Waals surface area (Å²) >= 11 is 0. The number of hydrogen-bond donors (Lipinski definition) is 2. The number of nitrogens with zero attached hydrogens (tertiary/aromatic N) is 1. The predicted octanol–water partition coefficient (Wildman–Crippen LogP) is 1.06. The highest BCUT2D eigenvalue weighted by Gasteiger charge is 2.37. The lowest BCUT2D eigenvalue weighted by atomic mass is 10.1. The standard InChI is InChI=1S/C17H23N3O6/c1-5-25-17(24)12-9(4)26-16(13(12)14(18)22)19-15(23)10-6-11(21)20(7-10)8(2)3/h8,10H,5-7H2,1-4H3,(H2,18,22)(H,19,23). The number of hydrogen-bond acceptors (Lipinski definition) is 6. The molecule has 9 heteroatoms. The fourth-order valence-corrected chi connectivity index (χ4v) is 2.94. The van der Waals surface area contributed by atoms with E-state index in [1.165, 1.54) is 6.92 Å². The largest absolute Gasteiger partial charge is 0.462 e. The maximum absolute atomic E-state index is 12.5. The molecule has 0 bridgehead atoms. The molecule has 3 N–H and O–H groups in total. The van der Waals surface area contributed by atoms with E-state index in [2.05, 4.69) is 5.32 Å². The molecule has 1 aromatic heterocycles. The smallest absolute Gasteiger partial charge is 0.342 e. The minimum absolute atomic E-state index is 0.0113. The fourth-order valence-electron chi connectivity index (χ4n) is 2.94. The summed E-state index contributed by atoms with van der Waals surface area (Å²) in [6, 6.07) is -0.0113. The molecule has 1 unspecified atom stereocenters. The second-order valence-corrected chi connectivity index (χ2v) is 6.35. The number of nitrogens with two attached hydrogens (primary N) is 1. The number of anilines is 1. The highest BCUT2D eigenvalue weighted by molar-refractivity contribution is 6.11. The zero-order valence-electron chi connectivity index (χ0n) is 15.3. The van der Waals surface area contributed by atoms with Crippen molar-refractivity contribution in [3.63, 3.8) is 0 Å². The van der Waals surface area contributed by atoms with Crippen LogP contribution in [0.2, 0.25) is 0 Å². The number of likely N-dealkylation sites (tertiary alicyclic amines) is 1. The van der Waals surface area contributed by atoms with Crippen LogP contribution in [0.15, 0.2) is 4.42 Å². The first-order valence-corrected chi connectivity index (χ1v) is 8.37. The van der Waals surface area contributed by atoms with Gasteiger partial charge in [0.1, 0.15) is 16.9 Å². The topological polar surface area (TPSA) is 132 Å². The Bertz CT molecular complexity index is 752. The maximum Gasteiger partial charge on any atom is 0.342 e. The minimum atomic E-state index is -0.925. The van der Waals surface area contributed by atoms with Crippen molar-refractivity contribution >= 4 is 29.6 Å². The Morgan fingerprint density at radius 2 is 2.00 bits per heavy atom. The Morgan fingerprint density at radius 1 is 1.35 bits per heavy atom. The van der Waals surface area contributed by atoms with Crippen LogP contribution in [0.3, 0.4) is 0 Å². The number of primary amides is 1. The molecule has 9 nitrogen and oxygen atoms in total. The van der Waals surface area contributed by atoms with Gasteiger partial charge >= 0.3 is 5.97 Å². The quantitative estimate of drug-likeness (QED) is 0.725. The van der Waals surface area contributed by atoms with E-state index < -0.39 is 23.7 Å². The molecule has 1 aromatic rings. The molecule has 1 atom stereocenters. The van der Waals surface area contributed by atoms with Crippen LogP contribution < -0.4 is 11.1 Å². The second-order valence-electron chi connectivity index (χ2n) is 6.35. The molecule has 3 amide bonds. The van der Waals surface area contributed by atoms with E-state index in [-0.39, 0.29) is 54.3 Å². The van der Waals surface area contributed by atoms with Gasteiger partial charge in [0, 0.05) is 19.0 Å². The molecule has 1 saturated heterocycles. The molecule has 1 aliphatic heterocycles. The van der Waals surface area contributed by atoms with E-state index in [4.69, 9.17) is 14.9 Å². The number of ether oxygens (including phenoxy) is 1. The number of nitrogens with one attached hydrogen (secondary N) is 1. The van der Waals surface area contributed by atoms with Crippen LogP contribution >= 0.6 is 0 Å². The Hall–Kier alpha value is -2.84. The maximum atomic E-state index is 12.5. The lowest BCUT2D eigenvalue weighted by Gasteiger charge is -2.20. The molecule has 0 saturated carbocycles. The van der Waals surface area contributed by atoms with Gasteiger partial charge in [0.25, 0.3) is 5.91 Å². The van der Waals surface area contributed by atoms with Crippen LogP contribution in [0, 0.1) is 12.8 Å². The van der Waals surface area contributed by atoms with Crippen molar-refractivity contribution in [2.24, 2.45) is 11.7 Å². The first kappa shape index (κ1) is 19.5. The molecule has 1 aliphatic rings. The summed E-state index contributed by atoms with van der Waals surface area (Å²) in [7, 11) is 0. The normalized spacial score (nSPS) is 16.9. The first-order chi connectivity index (χ1) is 12.2. The molecular formula is C17H23N3O6. The summed E-state index contributed by atoms with van der Waals surface area (Å²) in [4.78, 5) is 49.9. The SMILES string of the molecule is CCOC(=O)c1c(C)oc(NC(=O)C2CC(=O)N(C(C)C)C2)c1C(N)=O. The monoisotopic (exact) mass is 365 g/mol. The van der Waals surface area contributed by atoms with Gasteiger partial charge in [-0.3, -0.25) is 19.7 Å². The van der Waals surface area contributed by atoms with Crippen molar-refractivity contribution in [3.8, 4) is 0 Å². The van der Waals surface area contributed by atoms with Gasteiger partial charge in [-0.2, -0.15) is 0 Å². The van der Waals surface area contributed by atoms with E-state index in [0.717, 1.165) is 0 Å². The fraction of sp³-hybridized carbons (Fsp3) is 0.529. The van der Waals surface area contributed by atoms with Gasteiger partial charge in [-0.25, -0.2) is 4.79 Å². The Balaban J connectivity index is 2.26. The third-order valence-corrected chi connectivity index (χ3v) is 4.20. The van der Waals surface area contributed by atoms with Crippen LogP contribution in [0.5, 0.6) is 0 Å². The summed E-state index contributed by atoms with van der Waals surface area (Å²) in [5.74, 6) is -2.96. The molecule has 142 valence electrons. The average molecular weight is 365 g/mol. The Labute approximate surface area is 150 Å². The number of esters is 1. The number of carbonyl (C=O) groups is 4. The van der Waals surface area contributed by atoms with Gasteiger partial charge in [0.15, 0.2) is 0 Å². The number of carbonyl (C=O) groups excluding carboxylic acids is 4. The first-order valence-electron chi connectivity index (χ1n) is 8.37. The summed E-state index contributed by atoms with van der Waals surface area (Å²) in [5.41, 5.74) is 5.01. The Morgan fingerprint density at radius 3 is 2.50 bits per heavy atom. The molecule has 0 aromatic carbocycles. The summed E-state index contributed by atoms with van der Waals surface area (Å²) in [5, 5.41) is 2.48. The van der Waals surface area contributed by atoms with Crippen molar-refractivity contribution in [2.75, 3.05) is 18.5 Å². The van der Waals surface area contributed by atoms with E-state index in [0.29, 0.717) is 0 Å². The lowest BCUT2D eigenvalue weighted by Crippen LogP contribution is -2.33. The minimum Gasteiger partial charge on any atom is -0.462 e. The lowest BCUT2D eigenvalue weighted by molar-refractivity contribution is -0.129. The molecule has 26 heavy (non-hydrogen) atoms. The van der Waals surface area contributed by atoms with Crippen LogP contribution in [0.1, 0.15) is 53.7 Å². The second kappa shape index (κ2) is 7.59. The van der Waals surface area contributed by atoms with Crippen molar-refractivity contribution < 1.29 is 28.3 Å². The van der Waals surface area contributed by atoms with Crippen LogP contribution in [0.4, 0.5) is 5.88 Å². The van der Waals surface area contributed by atoms with Crippen molar-refractivity contribution in [3.05, 3.63) is 16.9 Å². The van der Waals surface area contributed by atoms with Gasteiger partial charge in [0.05, 0.1) is 12.5 Å². The van der Waals surface area contributed by atoms with Gasteiger partial charge in [-0.05, 0) is 27.7 Å². The summed E-state index contributed by atoms with van der Waals surface area (Å²) in [6.45, 7) is 7.21. The molecule has 0 aliphatic carbocycles. The predicted molar refractivity (Wildman–Crippen MR) is 91.5 cm³/mol.